The maximum atomic E-state index is 4.26. The number of hydrogen-bond acceptors (Lipinski definition) is 2. The summed E-state index contributed by atoms with van der Waals surface area (Å²) in [5, 5.41) is 7.91. The van der Waals surface area contributed by atoms with Gasteiger partial charge in [-0.3, -0.25) is 4.68 Å². The van der Waals surface area contributed by atoms with Crippen molar-refractivity contribution in [2.75, 3.05) is 6.54 Å². The van der Waals surface area contributed by atoms with Gasteiger partial charge in [-0.25, -0.2) is 0 Å². The Hall–Kier alpha value is -1.13. The van der Waals surface area contributed by atoms with Crippen LogP contribution in [0.4, 0.5) is 0 Å². The average Bonchev–Trinajstić information content (AvgIpc) is 2.80. The van der Waals surface area contributed by atoms with E-state index in [9.17, 15) is 0 Å². The lowest BCUT2D eigenvalue weighted by atomic mass is 9.96. The Morgan fingerprint density at radius 1 is 1.40 bits per heavy atom. The van der Waals surface area contributed by atoms with Crippen LogP contribution in [0.15, 0.2) is 35.1 Å². The third kappa shape index (κ3) is 3.93. The molecule has 0 spiro atoms. The SMILES string of the molecule is CCCNC(Cc1cnn(C)c1)c1ccc(Br)cc1C. The normalized spacial score (nSPS) is 12.6. The monoisotopic (exact) mass is 335 g/mol. The molecule has 0 radical (unpaired) electrons. The molecule has 1 aromatic heterocycles. The van der Waals surface area contributed by atoms with Crippen molar-refractivity contribution in [2.24, 2.45) is 7.05 Å². The lowest BCUT2D eigenvalue weighted by Crippen LogP contribution is -2.24. The first-order valence-electron chi connectivity index (χ1n) is 7.07. The molecular formula is C16H22BrN3. The number of benzene rings is 1. The summed E-state index contributed by atoms with van der Waals surface area (Å²) in [6.07, 6.45) is 6.15. The van der Waals surface area contributed by atoms with Gasteiger partial charge in [0.2, 0.25) is 0 Å². The summed E-state index contributed by atoms with van der Waals surface area (Å²) in [7, 11) is 1.96. The zero-order valence-electron chi connectivity index (χ0n) is 12.4. The Morgan fingerprint density at radius 2 is 2.20 bits per heavy atom. The minimum atomic E-state index is 0.340. The molecule has 4 heteroatoms. The summed E-state index contributed by atoms with van der Waals surface area (Å²) < 4.78 is 3.00. The van der Waals surface area contributed by atoms with E-state index in [0.717, 1.165) is 23.9 Å². The number of aromatic nitrogens is 2. The standard InChI is InChI=1S/C16H22BrN3/c1-4-7-18-16(9-13-10-19-20(3)11-13)15-6-5-14(17)8-12(15)2/h5-6,8,10-11,16,18H,4,7,9H2,1-3H3. The van der Waals surface area contributed by atoms with Crippen LogP contribution in [-0.4, -0.2) is 16.3 Å². The van der Waals surface area contributed by atoms with E-state index >= 15 is 0 Å². The molecule has 1 atom stereocenters. The molecule has 0 aliphatic rings. The van der Waals surface area contributed by atoms with Gasteiger partial charge < -0.3 is 5.32 Å². The zero-order valence-corrected chi connectivity index (χ0v) is 13.9. The van der Waals surface area contributed by atoms with Gasteiger partial charge >= 0.3 is 0 Å². The van der Waals surface area contributed by atoms with Gasteiger partial charge in [-0.15, -0.1) is 0 Å². The first kappa shape index (κ1) is 15.3. The molecule has 20 heavy (non-hydrogen) atoms. The van der Waals surface area contributed by atoms with E-state index in [0.29, 0.717) is 6.04 Å². The predicted molar refractivity (Wildman–Crippen MR) is 86.8 cm³/mol. The Kier molecular flexibility index (Phi) is 5.38. The van der Waals surface area contributed by atoms with Crippen LogP contribution in [0.2, 0.25) is 0 Å². The van der Waals surface area contributed by atoms with E-state index in [1.165, 1.54) is 16.7 Å². The quantitative estimate of drug-likeness (QED) is 0.870. The van der Waals surface area contributed by atoms with Crippen LogP contribution in [0.3, 0.4) is 0 Å². The minimum absolute atomic E-state index is 0.340. The van der Waals surface area contributed by atoms with E-state index < -0.39 is 0 Å². The van der Waals surface area contributed by atoms with Gasteiger partial charge in [0, 0.05) is 23.8 Å². The molecule has 0 fully saturated rings. The lowest BCUT2D eigenvalue weighted by Gasteiger charge is -2.20. The van der Waals surface area contributed by atoms with Gasteiger partial charge in [0.25, 0.3) is 0 Å². The van der Waals surface area contributed by atoms with Crippen LogP contribution in [-0.2, 0) is 13.5 Å². The molecule has 0 saturated heterocycles. The van der Waals surface area contributed by atoms with Gasteiger partial charge in [-0.1, -0.05) is 28.9 Å². The van der Waals surface area contributed by atoms with Crippen LogP contribution < -0.4 is 5.32 Å². The topological polar surface area (TPSA) is 29.9 Å². The Balaban J connectivity index is 2.22. The van der Waals surface area contributed by atoms with Crippen molar-refractivity contribution in [3.8, 4) is 0 Å². The first-order chi connectivity index (χ1) is 9.60. The van der Waals surface area contributed by atoms with Gasteiger partial charge in [-0.05, 0) is 55.1 Å². The maximum absolute atomic E-state index is 4.26. The molecule has 1 heterocycles. The highest BCUT2D eigenvalue weighted by Crippen LogP contribution is 2.24. The van der Waals surface area contributed by atoms with Crippen molar-refractivity contribution in [3.05, 3.63) is 51.8 Å². The highest BCUT2D eigenvalue weighted by atomic mass is 79.9. The Labute approximate surface area is 129 Å². The van der Waals surface area contributed by atoms with E-state index in [1.54, 1.807) is 0 Å². The molecule has 0 aliphatic heterocycles. The summed E-state index contributed by atoms with van der Waals surface area (Å²) in [6, 6.07) is 6.85. The fourth-order valence-electron chi connectivity index (χ4n) is 2.45. The summed E-state index contributed by atoms with van der Waals surface area (Å²) in [6.45, 7) is 5.40. The molecular weight excluding hydrogens is 314 g/mol. The van der Waals surface area contributed by atoms with Gasteiger partial charge in [0.15, 0.2) is 0 Å². The number of halogens is 1. The van der Waals surface area contributed by atoms with Crippen molar-refractivity contribution in [1.82, 2.24) is 15.1 Å². The number of rotatable bonds is 6. The fraction of sp³-hybridized carbons (Fsp3) is 0.438. The van der Waals surface area contributed by atoms with E-state index in [2.05, 4.69) is 64.6 Å². The van der Waals surface area contributed by atoms with E-state index in [-0.39, 0.29) is 0 Å². The lowest BCUT2D eigenvalue weighted by molar-refractivity contribution is 0.527. The molecule has 1 unspecified atom stereocenters. The second kappa shape index (κ2) is 7.04. The van der Waals surface area contributed by atoms with Crippen LogP contribution >= 0.6 is 15.9 Å². The van der Waals surface area contributed by atoms with Crippen molar-refractivity contribution < 1.29 is 0 Å². The Bertz CT molecular complexity index is 563. The van der Waals surface area contributed by atoms with Crippen LogP contribution in [0.5, 0.6) is 0 Å². The molecule has 2 aromatic rings. The van der Waals surface area contributed by atoms with Crippen molar-refractivity contribution in [1.29, 1.82) is 0 Å². The second-order valence-electron chi connectivity index (χ2n) is 5.23. The number of nitrogens with one attached hydrogen (secondary N) is 1. The fourth-order valence-corrected chi connectivity index (χ4v) is 2.93. The maximum Gasteiger partial charge on any atom is 0.0522 e. The largest absolute Gasteiger partial charge is 0.310 e. The zero-order chi connectivity index (χ0) is 14.5. The Morgan fingerprint density at radius 3 is 2.80 bits per heavy atom. The molecule has 108 valence electrons. The van der Waals surface area contributed by atoms with Gasteiger partial charge in [0.05, 0.1) is 6.20 Å². The molecule has 3 nitrogen and oxygen atoms in total. The highest BCUT2D eigenvalue weighted by molar-refractivity contribution is 9.10. The van der Waals surface area contributed by atoms with Gasteiger partial charge in [0.1, 0.15) is 0 Å². The van der Waals surface area contributed by atoms with E-state index in [1.807, 2.05) is 17.9 Å². The second-order valence-corrected chi connectivity index (χ2v) is 6.15. The molecule has 1 N–H and O–H groups in total. The molecule has 1 aromatic carbocycles. The summed E-state index contributed by atoms with van der Waals surface area (Å²) in [5.41, 5.74) is 3.95. The molecule has 0 bridgehead atoms. The third-order valence-corrected chi connectivity index (χ3v) is 3.94. The van der Waals surface area contributed by atoms with E-state index in [4.69, 9.17) is 0 Å². The van der Waals surface area contributed by atoms with Crippen LogP contribution in [0.25, 0.3) is 0 Å². The molecule has 2 rings (SSSR count). The average molecular weight is 336 g/mol. The third-order valence-electron chi connectivity index (χ3n) is 3.45. The van der Waals surface area contributed by atoms with Crippen LogP contribution in [0.1, 0.15) is 36.1 Å². The smallest absolute Gasteiger partial charge is 0.0522 e. The first-order valence-corrected chi connectivity index (χ1v) is 7.86. The minimum Gasteiger partial charge on any atom is -0.310 e. The van der Waals surface area contributed by atoms with Gasteiger partial charge in [-0.2, -0.15) is 5.10 Å². The predicted octanol–water partition coefficient (Wildman–Crippen LogP) is 3.77. The number of nitrogens with zero attached hydrogens (tertiary/aromatic N) is 2. The molecule has 0 saturated carbocycles. The van der Waals surface area contributed by atoms with Crippen molar-refractivity contribution in [2.45, 2.75) is 32.7 Å². The van der Waals surface area contributed by atoms with Crippen LogP contribution in [0, 0.1) is 6.92 Å². The molecule has 0 amide bonds. The summed E-state index contributed by atoms with van der Waals surface area (Å²) >= 11 is 3.53. The highest BCUT2D eigenvalue weighted by Gasteiger charge is 2.14. The summed E-state index contributed by atoms with van der Waals surface area (Å²) in [4.78, 5) is 0. The summed E-state index contributed by atoms with van der Waals surface area (Å²) in [5.74, 6) is 0. The van der Waals surface area contributed by atoms with Crippen molar-refractivity contribution in [3.63, 3.8) is 0 Å². The number of aryl methyl sites for hydroxylation is 2. The number of hydrogen-bond donors (Lipinski definition) is 1. The molecule has 0 aliphatic carbocycles. The van der Waals surface area contributed by atoms with Crippen molar-refractivity contribution >= 4 is 15.9 Å².